The third-order valence-corrected chi connectivity index (χ3v) is 7.19. The Bertz CT molecular complexity index is 1140. The number of fused-ring (bicyclic) bond motifs is 3. The molecule has 1 amide bonds. The molecular formula is C26H34N6O. The first kappa shape index (κ1) is 21.9. The molecule has 1 fully saturated rings. The number of nitrogens with zero attached hydrogens (tertiary/aromatic N) is 6. The van der Waals surface area contributed by atoms with Crippen LogP contribution in [0.3, 0.4) is 0 Å². The number of amides is 1. The van der Waals surface area contributed by atoms with Crippen LogP contribution < -0.4 is 9.80 Å². The first-order chi connectivity index (χ1) is 16.2. The molecule has 0 N–H and O–H groups in total. The van der Waals surface area contributed by atoms with E-state index < -0.39 is 0 Å². The number of aryl methyl sites for hydroxylation is 3. The van der Waals surface area contributed by atoms with Gasteiger partial charge in [0.2, 0.25) is 5.91 Å². The van der Waals surface area contributed by atoms with Gasteiger partial charge in [-0.3, -0.25) is 4.79 Å². The first-order valence-corrected chi connectivity index (χ1v) is 12.6. The summed E-state index contributed by atoms with van der Waals surface area (Å²) in [6.07, 6.45) is 9.06. The van der Waals surface area contributed by atoms with Crippen molar-refractivity contribution in [1.82, 2.24) is 19.5 Å². The summed E-state index contributed by atoms with van der Waals surface area (Å²) in [5.41, 5.74) is 4.10. The van der Waals surface area contributed by atoms with Crippen LogP contribution in [-0.2, 0) is 24.2 Å². The predicted octanol–water partition coefficient (Wildman–Crippen LogP) is 4.38. The molecule has 0 unspecified atom stereocenters. The van der Waals surface area contributed by atoms with Gasteiger partial charge >= 0.3 is 0 Å². The van der Waals surface area contributed by atoms with Crippen LogP contribution in [0.4, 0.5) is 11.5 Å². The highest BCUT2D eigenvalue weighted by Crippen LogP contribution is 2.31. The molecule has 0 saturated carbocycles. The van der Waals surface area contributed by atoms with Gasteiger partial charge in [-0.1, -0.05) is 31.5 Å². The Balaban J connectivity index is 1.42. The van der Waals surface area contributed by atoms with Gasteiger partial charge < -0.3 is 14.4 Å². The average Bonchev–Trinajstić information content (AvgIpc) is 3.05. The minimum atomic E-state index is -0.0472. The molecule has 7 nitrogen and oxygen atoms in total. The lowest BCUT2D eigenvalue weighted by atomic mass is 9.95. The highest BCUT2D eigenvalue weighted by Gasteiger charge is 2.32. The van der Waals surface area contributed by atoms with Gasteiger partial charge in [-0.05, 0) is 50.7 Å². The Kier molecular flexibility index (Phi) is 6.29. The fourth-order valence-corrected chi connectivity index (χ4v) is 5.47. The number of imidazole rings is 1. The summed E-state index contributed by atoms with van der Waals surface area (Å²) < 4.78 is 2.28. The van der Waals surface area contributed by atoms with E-state index in [1.807, 2.05) is 11.0 Å². The number of carbonyl (C=O) groups excluding carboxylic acids is 1. The summed E-state index contributed by atoms with van der Waals surface area (Å²) in [4.78, 5) is 32.2. The molecule has 1 atom stereocenters. The lowest BCUT2D eigenvalue weighted by Crippen LogP contribution is -2.45. The molecule has 2 aromatic heterocycles. The number of piperidine rings is 1. The zero-order valence-corrected chi connectivity index (χ0v) is 19.8. The zero-order chi connectivity index (χ0) is 22.8. The third-order valence-electron chi connectivity index (χ3n) is 7.19. The van der Waals surface area contributed by atoms with Crippen LogP contribution in [0.2, 0.25) is 0 Å². The third kappa shape index (κ3) is 4.09. The van der Waals surface area contributed by atoms with E-state index in [1.54, 1.807) is 6.33 Å². The quantitative estimate of drug-likeness (QED) is 0.582. The number of para-hydroxylation sites is 1. The largest absolute Gasteiger partial charge is 0.354 e. The second-order valence-corrected chi connectivity index (χ2v) is 9.21. The van der Waals surface area contributed by atoms with Crippen LogP contribution in [-0.4, -0.2) is 45.1 Å². The maximum atomic E-state index is 13.7. The summed E-state index contributed by atoms with van der Waals surface area (Å²) in [6.45, 7) is 7.45. The molecule has 7 heteroatoms. The number of aromatic nitrogens is 4. The van der Waals surface area contributed by atoms with E-state index in [1.165, 1.54) is 24.8 Å². The lowest BCUT2D eigenvalue weighted by molar-refractivity contribution is -0.122. The van der Waals surface area contributed by atoms with Crippen LogP contribution in [0.5, 0.6) is 0 Å². The van der Waals surface area contributed by atoms with E-state index in [9.17, 15) is 4.79 Å². The van der Waals surface area contributed by atoms with Crippen LogP contribution in [0, 0.1) is 5.92 Å². The summed E-state index contributed by atoms with van der Waals surface area (Å²) in [7, 11) is 0. The highest BCUT2D eigenvalue weighted by atomic mass is 16.2. The number of benzene rings is 1. The van der Waals surface area contributed by atoms with Crippen molar-refractivity contribution in [1.29, 1.82) is 0 Å². The van der Waals surface area contributed by atoms with E-state index in [2.05, 4.69) is 51.5 Å². The van der Waals surface area contributed by atoms with E-state index in [0.29, 0.717) is 13.1 Å². The van der Waals surface area contributed by atoms with E-state index in [4.69, 9.17) is 4.98 Å². The van der Waals surface area contributed by atoms with E-state index in [-0.39, 0.29) is 11.8 Å². The zero-order valence-electron chi connectivity index (χ0n) is 19.8. The first-order valence-electron chi connectivity index (χ1n) is 12.6. The molecule has 5 rings (SSSR count). The number of anilines is 2. The minimum absolute atomic E-state index is 0.0472. The number of rotatable bonds is 5. The van der Waals surface area contributed by atoms with Gasteiger partial charge in [0.25, 0.3) is 0 Å². The molecule has 0 radical (unpaired) electrons. The van der Waals surface area contributed by atoms with Gasteiger partial charge in [-0.25, -0.2) is 15.0 Å². The van der Waals surface area contributed by atoms with Gasteiger partial charge in [-0.15, -0.1) is 0 Å². The molecule has 2 aliphatic heterocycles. The van der Waals surface area contributed by atoms with Gasteiger partial charge in [-0.2, -0.15) is 0 Å². The Morgan fingerprint density at radius 2 is 1.97 bits per heavy atom. The molecule has 3 aromatic rings. The second kappa shape index (κ2) is 9.49. The average molecular weight is 447 g/mol. The topological polar surface area (TPSA) is 67.2 Å². The van der Waals surface area contributed by atoms with Crippen molar-refractivity contribution in [2.45, 2.75) is 65.3 Å². The molecule has 2 aliphatic rings. The lowest BCUT2D eigenvalue weighted by Gasteiger charge is -2.35. The molecule has 0 aliphatic carbocycles. The number of hydrogen-bond donors (Lipinski definition) is 0. The smallest absolute Gasteiger partial charge is 0.231 e. The molecule has 33 heavy (non-hydrogen) atoms. The predicted molar refractivity (Wildman–Crippen MR) is 132 cm³/mol. The molecule has 0 bridgehead atoms. The Labute approximate surface area is 195 Å². The van der Waals surface area contributed by atoms with E-state index >= 15 is 0 Å². The minimum Gasteiger partial charge on any atom is -0.354 e. The van der Waals surface area contributed by atoms with Crippen molar-refractivity contribution in [2.24, 2.45) is 5.92 Å². The standard InChI is InChI=1S/C26H34N6O/c1-3-19-11-7-8-13-21(19)31(4-2)26(33)20-12-10-15-30(17-20)24-23-25(28-18-27-24)32-16-9-5-6-14-22(32)29-23/h7-8,11,13,18,20H,3-6,9-10,12,14-17H2,1-2H3/t20-/m0/s1. The Morgan fingerprint density at radius 1 is 1.09 bits per heavy atom. The summed E-state index contributed by atoms with van der Waals surface area (Å²) >= 11 is 0. The van der Waals surface area contributed by atoms with Gasteiger partial charge in [0.05, 0.1) is 5.92 Å². The second-order valence-electron chi connectivity index (χ2n) is 9.21. The number of carbonyl (C=O) groups is 1. The van der Waals surface area contributed by atoms with Crippen LogP contribution in [0.25, 0.3) is 11.2 Å². The van der Waals surface area contributed by atoms with Crippen molar-refractivity contribution in [3.05, 3.63) is 42.0 Å². The summed E-state index contributed by atoms with van der Waals surface area (Å²) in [6, 6.07) is 8.28. The van der Waals surface area contributed by atoms with Crippen molar-refractivity contribution >= 4 is 28.6 Å². The van der Waals surface area contributed by atoms with E-state index in [0.717, 1.165) is 67.3 Å². The van der Waals surface area contributed by atoms with Crippen molar-refractivity contribution in [2.75, 3.05) is 29.4 Å². The van der Waals surface area contributed by atoms with Crippen molar-refractivity contribution in [3.8, 4) is 0 Å². The molecule has 174 valence electrons. The Hall–Kier alpha value is -2.96. The van der Waals surface area contributed by atoms with Gasteiger partial charge in [0, 0.05) is 38.3 Å². The monoisotopic (exact) mass is 446 g/mol. The fourth-order valence-electron chi connectivity index (χ4n) is 5.47. The van der Waals surface area contributed by atoms with Gasteiger partial charge in [0.15, 0.2) is 17.0 Å². The maximum Gasteiger partial charge on any atom is 0.231 e. The maximum absolute atomic E-state index is 13.7. The molecule has 0 spiro atoms. The SMILES string of the molecule is CCc1ccccc1N(CC)C(=O)[C@H]1CCCN(c2ncnc3c2nc2n3CCCCC2)C1. The Morgan fingerprint density at radius 3 is 2.82 bits per heavy atom. The molecule has 1 aromatic carbocycles. The van der Waals surface area contributed by atoms with Gasteiger partial charge in [0.1, 0.15) is 12.2 Å². The molecule has 4 heterocycles. The van der Waals surface area contributed by atoms with Crippen LogP contribution in [0.1, 0.15) is 57.3 Å². The van der Waals surface area contributed by atoms with Crippen molar-refractivity contribution in [3.63, 3.8) is 0 Å². The highest BCUT2D eigenvalue weighted by molar-refractivity contribution is 5.96. The molecule has 1 saturated heterocycles. The normalized spacial score (nSPS) is 18.7. The van der Waals surface area contributed by atoms with Crippen LogP contribution >= 0.6 is 0 Å². The number of hydrogen-bond acceptors (Lipinski definition) is 5. The molecular weight excluding hydrogens is 412 g/mol. The fraction of sp³-hybridized carbons (Fsp3) is 0.538. The van der Waals surface area contributed by atoms with Crippen LogP contribution in [0.15, 0.2) is 30.6 Å². The summed E-state index contributed by atoms with van der Waals surface area (Å²) in [5.74, 6) is 2.18. The van der Waals surface area contributed by atoms with Crippen molar-refractivity contribution < 1.29 is 4.79 Å². The summed E-state index contributed by atoms with van der Waals surface area (Å²) in [5, 5.41) is 0.